The van der Waals surface area contributed by atoms with E-state index in [4.69, 9.17) is 0 Å². The third-order valence-corrected chi connectivity index (χ3v) is 7.64. The van der Waals surface area contributed by atoms with Crippen LogP contribution in [0.25, 0.3) is 11.6 Å². The van der Waals surface area contributed by atoms with Crippen LogP contribution < -0.4 is 0 Å². The van der Waals surface area contributed by atoms with E-state index < -0.39 is 14.7 Å². The molecule has 0 heterocycles. The molecule has 2 aromatic rings. The monoisotopic (exact) mass is 520 g/mol. The zero-order valence-electron chi connectivity index (χ0n) is 22.8. The molecule has 0 saturated heterocycles. The van der Waals surface area contributed by atoms with Crippen molar-refractivity contribution in [1.29, 1.82) is 10.5 Å². The Morgan fingerprint density at radius 1 is 0.730 bits per heavy atom. The minimum atomic E-state index is -4.29. The molecule has 0 bridgehead atoms. The highest BCUT2D eigenvalue weighted by Crippen LogP contribution is 2.38. The predicted molar refractivity (Wildman–Crippen MR) is 149 cm³/mol. The molecule has 196 valence electrons. The van der Waals surface area contributed by atoms with Gasteiger partial charge in [-0.15, -0.1) is 0 Å². The van der Waals surface area contributed by atoms with Crippen LogP contribution in [0.2, 0.25) is 0 Å². The van der Waals surface area contributed by atoms with Gasteiger partial charge in [0.15, 0.2) is 0 Å². The molecule has 0 radical (unpaired) electrons. The van der Waals surface area contributed by atoms with Crippen LogP contribution in [0.15, 0.2) is 34.6 Å². The Morgan fingerprint density at radius 3 is 1.43 bits per heavy atom. The average Bonchev–Trinajstić information content (AvgIpc) is 2.80. The fourth-order valence-electron chi connectivity index (χ4n) is 4.09. The molecule has 0 aliphatic heterocycles. The molecule has 7 heteroatoms. The van der Waals surface area contributed by atoms with Crippen molar-refractivity contribution < 1.29 is 18.6 Å². The van der Waals surface area contributed by atoms with Crippen LogP contribution in [0, 0.1) is 22.7 Å². The Kier molecular flexibility index (Phi) is 9.36. The SMILES string of the molecule is CC(C)c1cc(/C=C(\C#N)S(=O)(=O)/C=C(/C#N)c2cc(C(C)C)c(O)c(C(C)C)c2)cc(C(C)C)c1O. The maximum atomic E-state index is 13.3. The molecule has 0 atom stereocenters. The summed E-state index contributed by atoms with van der Waals surface area (Å²) in [5, 5.41) is 41.8. The average molecular weight is 521 g/mol. The summed E-state index contributed by atoms with van der Waals surface area (Å²) >= 11 is 0. The van der Waals surface area contributed by atoms with Gasteiger partial charge in [0, 0.05) is 0 Å². The van der Waals surface area contributed by atoms with Crippen molar-refractivity contribution in [1.82, 2.24) is 0 Å². The molecule has 0 aliphatic carbocycles. The van der Waals surface area contributed by atoms with Crippen LogP contribution in [0.4, 0.5) is 0 Å². The van der Waals surface area contributed by atoms with Gasteiger partial charge in [0.25, 0.3) is 0 Å². The van der Waals surface area contributed by atoms with Crippen molar-refractivity contribution in [3.05, 3.63) is 68.0 Å². The summed E-state index contributed by atoms with van der Waals surface area (Å²) in [6.45, 7) is 15.3. The largest absolute Gasteiger partial charge is 0.507 e. The summed E-state index contributed by atoms with van der Waals surface area (Å²) in [6, 6.07) is 10.3. The number of nitriles is 2. The number of hydrogen-bond acceptors (Lipinski definition) is 6. The van der Waals surface area contributed by atoms with E-state index in [-0.39, 0.29) is 40.7 Å². The smallest absolute Gasteiger partial charge is 0.211 e. The first-order chi connectivity index (χ1) is 17.1. The molecule has 2 rings (SSSR count). The first kappa shape index (κ1) is 29.7. The van der Waals surface area contributed by atoms with Gasteiger partial charge in [-0.2, -0.15) is 10.5 Å². The lowest BCUT2D eigenvalue weighted by molar-refractivity contribution is 0.454. The van der Waals surface area contributed by atoms with E-state index in [0.717, 1.165) is 5.41 Å². The van der Waals surface area contributed by atoms with E-state index >= 15 is 0 Å². The lowest BCUT2D eigenvalue weighted by atomic mass is 9.90. The van der Waals surface area contributed by atoms with Gasteiger partial charge >= 0.3 is 0 Å². The van der Waals surface area contributed by atoms with E-state index in [0.29, 0.717) is 33.4 Å². The molecule has 0 saturated carbocycles. The zero-order chi connectivity index (χ0) is 28.2. The summed E-state index contributed by atoms with van der Waals surface area (Å²) in [7, 11) is -4.29. The molecule has 0 aliphatic rings. The fourth-order valence-corrected chi connectivity index (χ4v) is 5.14. The van der Waals surface area contributed by atoms with Crippen LogP contribution >= 0.6 is 0 Å². The van der Waals surface area contributed by atoms with Crippen molar-refractivity contribution in [3.8, 4) is 23.6 Å². The first-order valence-electron chi connectivity index (χ1n) is 12.4. The first-order valence-corrected chi connectivity index (χ1v) is 13.9. The number of rotatable bonds is 8. The van der Waals surface area contributed by atoms with Gasteiger partial charge in [0.1, 0.15) is 28.5 Å². The van der Waals surface area contributed by atoms with E-state index in [1.54, 1.807) is 30.3 Å². The standard InChI is InChI=1S/C30H36N2O4S/c1-17(2)25-10-21(11-26(18(3)4)29(25)33)9-24(15-32)37(35,36)16-23(14-31)22-12-27(19(5)6)30(34)28(13-22)20(7)8/h9-13,16-20,33-34H,1-8H3/b23-16-,24-9+. The molecular weight excluding hydrogens is 484 g/mol. The highest BCUT2D eigenvalue weighted by molar-refractivity contribution is 7.98. The molecule has 0 unspecified atom stereocenters. The van der Waals surface area contributed by atoms with Crippen LogP contribution in [0.3, 0.4) is 0 Å². The van der Waals surface area contributed by atoms with Gasteiger partial charge in [0.05, 0.1) is 11.0 Å². The van der Waals surface area contributed by atoms with E-state index in [9.17, 15) is 29.2 Å². The molecule has 0 fully saturated rings. The van der Waals surface area contributed by atoms with Crippen molar-refractivity contribution in [3.63, 3.8) is 0 Å². The number of allylic oxidation sites excluding steroid dienone is 2. The molecule has 6 nitrogen and oxygen atoms in total. The Morgan fingerprint density at radius 2 is 1.11 bits per heavy atom. The van der Waals surface area contributed by atoms with Crippen molar-refractivity contribution in [2.75, 3.05) is 0 Å². The Balaban J connectivity index is 2.73. The number of sulfone groups is 1. The molecular formula is C30H36N2O4S. The molecule has 2 N–H and O–H groups in total. The third kappa shape index (κ3) is 6.61. The van der Waals surface area contributed by atoms with Crippen molar-refractivity contribution >= 4 is 21.5 Å². The van der Waals surface area contributed by atoms with Gasteiger partial charge in [0.2, 0.25) is 9.84 Å². The van der Waals surface area contributed by atoms with Gasteiger partial charge in [-0.05, 0) is 87.4 Å². The minimum Gasteiger partial charge on any atom is -0.507 e. The minimum absolute atomic E-state index is 0.0158. The number of phenolic OH excluding ortho intramolecular Hbond substituents is 2. The van der Waals surface area contributed by atoms with Crippen LogP contribution in [0.5, 0.6) is 11.5 Å². The number of benzene rings is 2. The second-order valence-corrected chi connectivity index (χ2v) is 12.2. The van der Waals surface area contributed by atoms with E-state index in [1.807, 2.05) is 61.5 Å². The molecule has 2 aromatic carbocycles. The Bertz CT molecular complexity index is 1370. The number of hydrogen-bond donors (Lipinski definition) is 2. The molecule has 0 aromatic heterocycles. The number of phenols is 2. The van der Waals surface area contributed by atoms with Crippen LogP contribution in [-0.2, 0) is 9.84 Å². The van der Waals surface area contributed by atoms with Gasteiger partial charge in [-0.3, -0.25) is 0 Å². The van der Waals surface area contributed by atoms with Crippen LogP contribution in [-0.4, -0.2) is 18.6 Å². The van der Waals surface area contributed by atoms with Crippen LogP contribution in [0.1, 0.15) is 112 Å². The summed E-state index contributed by atoms with van der Waals surface area (Å²) in [4.78, 5) is -0.512. The fraction of sp³-hybridized carbons (Fsp3) is 0.400. The topological polar surface area (TPSA) is 122 Å². The summed E-state index contributed by atoms with van der Waals surface area (Å²) < 4.78 is 26.6. The summed E-state index contributed by atoms with van der Waals surface area (Å²) in [5.41, 5.74) is 3.26. The maximum Gasteiger partial charge on any atom is 0.211 e. The second-order valence-electron chi connectivity index (χ2n) is 10.5. The lowest BCUT2D eigenvalue weighted by Gasteiger charge is -2.17. The normalized spacial score (nSPS) is 12.9. The number of aromatic hydroxyl groups is 2. The summed E-state index contributed by atoms with van der Waals surface area (Å²) in [5.74, 6) is 0.174. The molecule has 0 amide bonds. The van der Waals surface area contributed by atoms with Gasteiger partial charge < -0.3 is 10.2 Å². The van der Waals surface area contributed by atoms with Crippen molar-refractivity contribution in [2.45, 2.75) is 79.1 Å². The Labute approximate surface area is 221 Å². The predicted octanol–water partition coefficient (Wildman–Crippen LogP) is 7.44. The van der Waals surface area contributed by atoms with Gasteiger partial charge in [-0.1, -0.05) is 55.4 Å². The molecule has 0 spiro atoms. The Hall–Kier alpha value is -3.55. The maximum absolute atomic E-state index is 13.3. The van der Waals surface area contributed by atoms with Crippen molar-refractivity contribution in [2.24, 2.45) is 0 Å². The van der Waals surface area contributed by atoms with Gasteiger partial charge in [-0.25, -0.2) is 8.42 Å². The van der Waals surface area contributed by atoms with E-state index in [1.165, 1.54) is 6.08 Å². The number of nitrogens with zero attached hydrogens (tertiary/aromatic N) is 2. The third-order valence-electron chi connectivity index (χ3n) is 6.27. The highest BCUT2D eigenvalue weighted by atomic mass is 32.2. The quantitative estimate of drug-likeness (QED) is 0.349. The van der Waals surface area contributed by atoms with E-state index in [2.05, 4.69) is 0 Å². The second kappa shape index (κ2) is 11.7. The highest BCUT2D eigenvalue weighted by Gasteiger charge is 2.22. The summed E-state index contributed by atoms with van der Waals surface area (Å²) in [6.07, 6.45) is 1.27. The molecule has 37 heavy (non-hydrogen) atoms. The zero-order valence-corrected chi connectivity index (χ0v) is 23.6. The lowest BCUT2D eigenvalue weighted by Crippen LogP contribution is -2.02.